The number of benzene rings is 1. The van der Waals surface area contributed by atoms with Gasteiger partial charge in [0, 0.05) is 25.7 Å². The zero-order valence-corrected chi connectivity index (χ0v) is 17.1. The van der Waals surface area contributed by atoms with Gasteiger partial charge in [0.2, 0.25) is 0 Å². The van der Waals surface area contributed by atoms with Crippen molar-refractivity contribution in [2.24, 2.45) is 4.99 Å². The molecule has 5 nitrogen and oxygen atoms in total. The lowest BCUT2D eigenvalue weighted by Crippen LogP contribution is -2.38. The molecule has 0 saturated heterocycles. The van der Waals surface area contributed by atoms with Gasteiger partial charge in [-0.3, -0.25) is 4.99 Å². The summed E-state index contributed by atoms with van der Waals surface area (Å²) in [5.74, 6) is 0.0285. The van der Waals surface area contributed by atoms with Gasteiger partial charge in [-0.2, -0.15) is 18.3 Å². The molecule has 0 aliphatic rings. The minimum absolute atomic E-state index is 0. The lowest BCUT2D eigenvalue weighted by Gasteiger charge is -2.11. The fraction of sp³-hybridized carbons (Fsp3) is 0.412. The summed E-state index contributed by atoms with van der Waals surface area (Å²) >= 11 is 0. The van der Waals surface area contributed by atoms with E-state index in [4.69, 9.17) is 0 Å². The fourth-order valence-electron chi connectivity index (χ4n) is 2.18. The molecule has 2 N–H and O–H groups in total. The van der Waals surface area contributed by atoms with E-state index in [1.807, 2.05) is 13.0 Å². The van der Waals surface area contributed by atoms with E-state index in [2.05, 4.69) is 20.7 Å². The Labute approximate surface area is 172 Å². The van der Waals surface area contributed by atoms with Crippen molar-refractivity contribution >= 4 is 29.9 Å². The van der Waals surface area contributed by atoms with Crippen LogP contribution in [0.1, 0.15) is 19.0 Å². The standard InChI is InChI=1S/C17H21F4N5.HI/c1-2-22-16(24-11-9-17(19,20)21)23-10-7-14-8-12-26(25-14)15-5-3-13(18)4-6-15;/h3-6,8,12H,2,7,9-11H2,1H3,(H2,22,23,24);1H. The molecule has 0 radical (unpaired) electrons. The van der Waals surface area contributed by atoms with E-state index in [0.717, 1.165) is 11.4 Å². The third-order valence-electron chi connectivity index (χ3n) is 3.42. The van der Waals surface area contributed by atoms with Crippen molar-refractivity contribution in [2.75, 3.05) is 19.6 Å². The van der Waals surface area contributed by atoms with Crippen LogP contribution in [0.3, 0.4) is 0 Å². The minimum atomic E-state index is -4.21. The summed E-state index contributed by atoms with van der Waals surface area (Å²) in [7, 11) is 0. The Morgan fingerprint density at radius 2 is 1.85 bits per heavy atom. The van der Waals surface area contributed by atoms with E-state index in [-0.39, 0.29) is 36.3 Å². The van der Waals surface area contributed by atoms with Gasteiger partial charge < -0.3 is 10.6 Å². The summed E-state index contributed by atoms with van der Waals surface area (Å²) in [6.45, 7) is 2.54. The van der Waals surface area contributed by atoms with Gasteiger partial charge >= 0.3 is 6.18 Å². The molecular formula is C17H22F4IN5. The number of nitrogens with one attached hydrogen (secondary N) is 2. The summed E-state index contributed by atoms with van der Waals surface area (Å²) < 4.78 is 51.1. The highest BCUT2D eigenvalue weighted by molar-refractivity contribution is 14.0. The Balaban J connectivity index is 0.00000364. The number of nitrogens with zero attached hydrogens (tertiary/aromatic N) is 3. The normalized spacial score (nSPS) is 11.8. The molecule has 0 bridgehead atoms. The average molecular weight is 499 g/mol. The van der Waals surface area contributed by atoms with E-state index < -0.39 is 12.6 Å². The van der Waals surface area contributed by atoms with Crippen molar-refractivity contribution in [3.8, 4) is 5.69 Å². The maximum absolute atomic E-state index is 12.9. The number of halogens is 5. The second kappa shape index (κ2) is 11.1. The molecule has 0 aliphatic heterocycles. The molecule has 150 valence electrons. The Morgan fingerprint density at radius 1 is 1.15 bits per heavy atom. The first kappa shape index (κ1) is 23.2. The molecular weight excluding hydrogens is 477 g/mol. The van der Waals surface area contributed by atoms with Crippen molar-refractivity contribution in [1.82, 2.24) is 20.4 Å². The molecule has 2 aromatic rings. The number of rotatable bonds is 7. The second-order valence-corrected chi connectivity index (χ2v) is 5.53. The molecule has 0 unspecified atom stereocenters. The number of aromatic nitrogens is 2. The second-order valence-electron chi connectivity index (χ2n) is 5.53. The van der Waals surface area contributed by atoms with Gasteiger partial charge in [-0.05, 0) is 37.3 Å². The molecule has 1 aromatic heterocycles. The smallest absolute Gasteiger partial charge is 0.357 e. The SMILES string of the molecule is CCNC(=NCCC(F)(F)F)NCCc1ccn(-c2ccc(F)cc2)n1.I. The Bertz CT molecular complexity index is 713. The van der Waals surface area contributed by atoms with E-state index in [0.29, 0.717) is 25.5 Å². The summed E-state index contributed by atoms with van der Waals surface area (Å²) in [6.07, 6.45) is -2.83. The summed E-state index contributed by atoms with van der Waals surface area (Å²) in [5, 5.41) is 10.3. The van der Waals surface area contributed by atoms with Crippen LogP contribution >= 0.6 is 24.0 Å². The van der Waals surface area contributed by atoms with Gasteiger partial charge in [0.15, 0.2) is 5.96 Å². The van der Waals surface area contributed by atoms with Gasteiger partial charge in [-0.25, -0.2) is 9.07 Å². The van der Waals surface area contributed by atoms with Crippen LogP contribution in [0.25, 0.3) is 5.69 Å². The first-order valence-corrected chi connectivity index (χ1v) is 8.27. The summed E-state index contributed by atoms with van der Waals surface area (Å²) in [4.78, 5) is 3.90. The van der Waals surface area contributed by atoms with Crippen LogP contribution in [0, 0.1) is 5.82 Å². The van der Waals surface area contributed by atoms with Crippen LogP contribution < -0.4 is 10.6 Å². The predicted octanol–water partition coefficient (Wildman–Crippen LogP) is 3.68. The molecule has 0 atom stereocenters. The van der Waals surface area contributed by atoms with E-state index >= 15 is 0 Å². The van der Waals surface area contributed by atoms with Crippen molar-refractivity contribution in [3.63, 3.8) is 0 Å². The molecule has 27 heavy (non-hydrogen) atoms. The van der Waals surface area contributed by atoms with E-state index in [9.17, 15) is 17.6 Å². The highest BCUT2D eigenvalue weighted by Crippen LogP contribution is 2.18. The van der Waals surface area contributed by atoms with Crippen molar-refractivity contribution in [3.05, 3.63) is 48.0 Å². The maximum Gasteiger partial charge on any atom is 0.390 e. The molecule has 0 aliphatic carbocycles. The van der Waals surface area contributed by atoms with Crippen molar-refractivity contribution in [2.45, 2.75) is 25.9 Å². The number of hydrogen-bond acceptors (Lipinski definition) is 2. The molecule has 10 heteroatoms. The lowest BCUT2D eigenvalue weighted by molar-refractivity contribution is -0.132. The first-order valence-electron chi connectivity index (χ1n) is 8.27. The topological polar surface area (TPSA) is 54.2 Å². The number of aliphatic imine (C=N–C) groups is 1. The molecule has 0 spiro atoms. The van der Waals surface area contributed by atoms with Crippen LogP contribution in [-0.4, -0.2) is 41.6 Å². The zero-order valence-electron chi connectivity index (χ0n) is 14.8. The average Bonchev–Trinajstić information content (AvgIpc) is 3.03. The quantitative estimate of drug-likeness (QED) is 0.265. The van der Waals surface area contributed by atoms with Gasteiger partial charge in [-0.1, -0.05) is 0 Å². The number of alkyl halides is 3. The van der Waals surface area contributed by atoms with Gasteiger partial charge in [0.05, 0.1) is 24.3 Å². The predicted molar refractivity (Wildman–Crippen MR) is 107 cm³/mol. The summed E-state index contributed by atoms with van der Waals surface area (Å²) in [5.41, 5.74) is 1.54. The van der Waals surface area contributed by atoms with Crippen LogP contribution in [0.5, 0.6) is 0 Å². The van der Waals surface area contributed by atoms with Crippen LogP contribution in [-0.2, 0) is 6.42 Å². The lowest BCUT2D eigenvalue weighted by atomic mass is 10.3. The van der Waals surface area contributed by atoms with Crippen molar-refractivity contribution in [1.29, 1.82) is 0 Å². The Kier molecular flexibility index (Phi) is 9.53. The van der Waals surface area contributed by atoms with Gasteiger partial charge in [0.25, 0.3) is 0 Å². The molecule has 0 fully saturated rings. The molecule has 0 saturated carbocycles. The minimum Gasteiger partial charge on any atom is -0.357 e. The fourth-order valence-corrected chi connectivity index (χ4v) is 2.18. The molecule has 0 amide bonds. The highest BCUT2D eigenvalue weighted by atomic mass is 127. The molecule has 2 rings (SSSR count). The third kappa shape index (κ3) is 8.59. The third-order valence-corrected chi connectivity index (χ3v) is 3.42. The number of hydrogen-bond donors (Lipinski definition) is 2. The zero-order chi connectivity index (χ0) is 19.0. The summed E-state index contributed by atoms with van der Waals surface area (Å²) in [6, 6.07) is 7.80. The van der Waals surface area contributed by atoms with Crippen molar-refractivity contribution < 1.29 is 17.6 Å². The van der Waals surface area contributed by atoms with Gasteiger partial charge in [0.1, 0.15) is 5.82 Å². The Hall–Kier alpha value is -1.85. The van der Waals surface area contributed by atoms with Gasteiger partial charge in [-0.15, -0.1) is 24.0 Å². The van der Waals surface area contributed by atoms with Crippen LogP contribution in [0.2, 0.25) is 0 Å². The Morgan fingerprint density at radius 3 is 2.48 bits per heavy atom. The van der Waals surface area contributed by atoms with Crippen LogP contribution in [0.4, 0.5) is 17.6 Å². The number of guanidine groups is 1. The monoisotopic (exact) mass is 499 g/mol. The van der Waals surface area contributed by atoms with Crippen LogP contribution in [0.15, 0.2) is 41.5 Å². The molecule has 1 heterocycles. The largest absolute Gasteiger partial charge is 0.390 e. The van der Waals surface area contributed by atoms with E-state index in [1.54, 1.807) is 23.0 Å². The first-order chi connectivity index (χ1) is 12.4. The van der Waals surface area contributed by atoms with E-state index in [1.165, 1.54) is 12.1 Å². The highest BCUT2D eigenvalue weighted by Gasteiger charge is 2.26. The molecule has 1 aromatic carbocycles. The maximum atomic E-state index is 12.9.